The van der Waals surface area contributed by atoms with Crippen LogP contribution >= 0.6 is 11.6 Å². The molecular weight excluding hydrogens is 288 g/mol. The number of rotatable bonds is 3. The van der Waals surface area contributed by atoms with E-state index in [2.05, 4.69) is 33.9 Å². The molecule has 3 heterocycles. The SMILES string of the molecule is CC1CCCC(C)N1Cc1nc(-c2cccnc2Cl)no1. The molecule has 3 rings (SSSR count). The molecule has 0 bridgehead atoms. The van der Waals surface area contributed by atoms with Gasteiger partial charge >= 0.3 is 0 Å². The molecule has 1 fully saturated rings. The zero-order chi connectivity index (χ0) is 14.8. The predicted octanol–water partition coefficient (Wildman–Crippen LogP) is 3.55. The molecule has 21 heavy (non-hydrogen) atoms. The number of piperidine rings is 1. The summed E-state index contributed by atoms with van der Waals surface area (Å²) in [5.41, 5.74) is 0.703. The lowest BCUT2D eigenvalue weighted by Crippen LogP contribution is -2.43. The van der Waals surface area contributed by atoms with Crippen molar-refractivity contribution in [2.45, 2.75) is 51.7 Å². The van der Waals surface area contributed by atoms with Crippen LogP contribution in [0.25, 0.3) is 11.4 Å². The van der Waals surface area contributed by atoms with Crippen molar-refractivity contribution >= 4 is 11.6 Å². The largest absolute Gasteiger partial charge is 0.338 e. The number of hydrogen-bond donors (Lipinski definition) is 0. The first-order chi connectivity index (χ1) is 10.1. The second-order valence-corrected chi connectivity index (χ2v) is 6.01. The van der Waals surface area contributed by atoms with E-state index in [4.69, 9.17) is 16.1 Å². The average molecular weight is 307 g/mol. The summed E-state index contributed by atoms with van der Waals surface area (Å²) in [6, 6.07) is 4.75. The van der Waals surface area contributed by atoms with Crippen molar-refractivity contribution in [3.8, 4) is 11.4 Å². The Morgan fingerprint density at radius 1 is 1.33 bits per heavy atom. The molecular formula is C15H19ClN4O. The number of aromatic nitrogens is 3. The van der Waals surface area contributed by atoms with Gasteiger partial charge in [0.2, 0.25) is 11.7 Å². The molecule has 1 saturated heterocycles. The summed E-state index contributed by atoms with van der Waals surface area (Å²) < 4.78 is 5.38. The second kappa shape index (κ2) is 6.12. The minimum atomic E-state index is 0.393. The Kier molecular flexibility index (Phi) is 4.22. The molecule has 0 saturated carbocycles. The van der Waals surface area contributed by atoms with Crippen LogP contribution in [0.2, 0.25) is 5.15 Å². The maximum Gasteiger partial charge on any atom is 0.241 e. The third-order valence-corrected chi connectivity index (χ3v) is 4.46. The fourth-order valence-electron chi connectivity index (χ4n) is 2.92. The number of halogens is 1. The maximum atomic E-state index is 6.06. The van der Waals surface area contributed by atoms with Gasteiger partial charge in [-0.15, -0.1) is 0 Å². The Morgan fingerprint density at radius 3 is 2.81 bits per heavy atom. The van der Waals surface area contributed by atoms with Gasteiger partial charge in [0, 0.05) is 18.3 Å². The lowest BCUT2D eigenvalue weighted by Gasteiger charge is -2.37. The predicted molar refractivity (Wildman–Crippen MR) is 80.9 cm³/mol. The van der Waals surface area contributed by atoms with Gasteiger partial charge in [0.15, 0.2) is 0 Å². The van der Waals surface area contributed by atoms with Crippen LogP contribution in [0, 0.1) is 0 Å². The smallest absolute Gasteiger partial charge is 0.241 e. The minimum absolute atomic E-state index is 0.393. The highest BCUT2D eigenvalue weighted by Gasteiger charge is 2.26. The molecule has 1 aliphatic heterocycles. The Bertz CT molecular complexity index is 605. The van der Waals surface area contributed by atoms with E-state index in [1.54, 1.807) is 6.20 Å². The van der Waals surface area contributed by atoms with E-state index in [1.165, 1.54) is 19.3 Å². The summed E-state index contributed by atoms with van der Waals surface area (Å²) in [5, 5.41) is 4.42. The summed E-state index contributed by atoms with van der Waals surface area (Å²) in [5.74, 6) is 1.13. The van der Waals surface area contributed by atoms with Gasteiger partial charge in [-0.3, -0.25) is 4.90 Å². The number of nitrogens with zero attached hydrogens (tertiary/aromatic N) is 4. The van der Waals surface area contributed by atoms with E-state index in [1.807, 2.05) is 12.1 Å². The van der Waals surface area contributed by atoms with E-state index in [0.717, 1.165) is 0 Å². The van der Waals surface area contributed by atoms with E-state index in [9.17, 15) is 0 Å². The molecule has 2 aromatic rings. The van der Waals surface area contributed by atoms with Crippen LogP contribution in [-0.2, 0) is 6.54 Å². The molecule has 112 valence electrons. The molecule has 0 amide bonds. The lowest BCUT2D eigenvalue weighted by atomic mass is 9.98. The van der Waals surface area contributed by atoms with E-state index >= 15 is 0 Å². The third kappa shape index (κ3) is 3.09. The molecule has 1 aliphatic rings. The highest BCUT2D eigenvalue weighted by atomic mass is 35.5. The molecule has 5 nitrogen and oxygen atoms in total. The maximum absolute atomic E-state index is 6.06. The minimum Gasteiger partial charge on any atom is -0.338 e. The van der Waals surface area contributed by atoms with E-state index in [0.29, 0.717) is 41.1 Å². The Morgan fingerprint density at radius 2 is 2.10 bits per heavy atom. The summed E-state index contributed by atoms with van der Waals surface area (Å²) in [6.07, 6.45) is 5.38. The first-order valence-electron chi connectivity index (χ1n) is 7.34. The molecule has 2 unspecified atom stereocenters. The van der Waals surface area contributed by atoms with Gasteiger partial charge in [0.05, 0.1) is 12.1 Å². The third-order valence-electron chi connectivity index (χ3n) is 4.16. The molecule has 6 heteroatoms. The molecule has 0 N–H and O–H groups in total. The molecule has 2 aromatic heterocycles. The van der Waals surface area contributed by atoms with Gasteiger partial charge in [-0.25, -0.2) is 4.98 Å². The van der Waals surface area contributed by atoms with Crippen LogP contribution < -0.4 is 0 Å². The highest BCUT2D eigenvalue weighted by Crippen LogP contribution is 2.26. The average Bonchev–Trinajstić information content (AvgIpc) is 2.92. The van der Waals surface area contributed by atoms with E-state index in [-0.39, 0.29) is 0 Å². The first kappa shape index (κ1) is 14.5. The van der Waals surface area contributed by atoms with Gasteiger partial charge in [-0.2, -0.15) is 4.98 Å². The van der Waals surface area contributed by atoms with Crippen LogP contribution in [0.15, 0.2) is 22.9 Å². The summed E-state index contributed by atoms with van der Waals surface area (Å²) in [4.78, 5) is 10.9. The molecule has 0 spiro atoms. The van der Waals surface area contributed by atoms with Gasteiger partial charge in [-0.1, -0.05) is 23.2 Å². The van der Waals surface area contributed by atoms with Crippen LogP contribution in [0.5, 0.6) is 0 Å². The van der Waals surface area contributed by atoms with Crippen molar-refractivity contribution in [2.75, 3.05) is 0 Å². The summed E-state index contributed by atoms with van der Waals surface area (Å²) in [6.45, 7) is 5.20. The van der Waals surface area contributed by atoms with Crippen molar-refractivity contribution in [2.24, 2.45) is 0 Å². The van der Waals surface area contributed by atoms with Crippen LogP contribution in [0.3, 0.4) is 0 Å². The monoisotopic (exact) mass is 306 g/mol. The quantitative estimate of drug-likeness (QED) is 0.812. The summed E-state index contributed by atoms with van der Waals surface area (Å²) >= 11 is 6.06. The Labute approximate surface area is 129 Å². The summed E-state index contributed by atoms with van der Waals surface area (Å²) in [7, 11) is 0. The van der Waals surface area contributed by atoms with Crippen molar-refractivity contribution in [1.29, 1.82) is 0 Å². The van der Waals surface area contributed by atoms with Crippen LogP contribution in [0.4, 0.5) is 0 Å². The second-order valence-electron chi connectivity index (χ2n) is 5.65. The Hall–Kier alpha value is -1.46. The lowest BCUT2D eigenvalue weighted by molar-refractivity contribution is 0.0825. The van der Waals surface area contributed by atoms with Crippen LogP contribution in [0.1, 0.15) is 39.0 Å². The zero-order valence-corrected chi connectivity index (χ0v) is 13.0. The fraction of sp³-hybridized carbons (Fsp3) is 0.533. The van der Waals surface area contributed by atoms with Crippen molar-refractivity contribution < 1.29 is 4.52 Å². The highest BCUT2D eigenvalue weighted by molar-refractivity contribution is 6.31. The van der Waals surface area contributed by atoms with Crippen molar-refractivity contribution in [1.82, 2.24) is 20.0 Å². The van der Waals surface area contributed by atoms with Crippen molar-refractivity contribution in [3.63, 3.8) is 0 Å². The molecule has 0 radical (unpaired) electrons. The van der Waals surface area contributed by atoms with E-state index < -0.39 is 0 Å². The standard InChI is InChI=1S/C15H19ClN4O/c1-10-5-3-6-11(2)20(10)9-13-18-15(19-21-13)12-7-4-8-17-14(12)16/h4,7-8,10-11H,3,5-6,9H2,1-2H3. The van der Waals surface area contributed by atoms with Crippen LogP contribution in [-0.4, -0.2) is 32.1 Å². The van der Waals surface area contributed by atoms with Gasteiger partial charge in [0.25, 0.3) is 0 Å². The normalized spacial score (nSPS) is 23.4. The zero-order valence-electron chi connectivity index (χ0n) is 12.3. The van der Waals surface area contributed by atoms with Gasteiger partial charge in [0.1, 0.15) is 5.15 Å². The Balaban J connectivity index is 1.78. The molecule has 2 atom stereocenters. The number of pyridine rings is 1. The molecule has 0 aliphatic carbocycles. The van der Waals surface area contributed by atoms with Crippen molar-refractivity contribution in [3.05, 3.63) is 29.4 Å². The van der Waals surface area contributed by atoms with Gasteiger partial charge < -0.3 is 4.52 Å². The number of hydrogen-bond acceptors (Lipinski definition) is 5. The first-order valence-corrected chi connectivity index (χ1v) is 7.72. The topological polar surface area (TPSA) is 55.1 Å². The molecule has 0 aromatic carbocycles. The fourth-order valence-corrected chi connectivity index (χ4v) is 3.13. The number of likely N-dealkylation sites (tertiary alicyclic amines) is 1. The van der Waals surface area contributed by atoms with Gasteiger partial charge in [-0.05, 0) is 38.8 Å².